The van der Waals surface area contributed by atoms with Gasteiger partial charge in [0.15, 0.2) is 0 Å². The minimum atomic E-state index is 0.162. The van der Waals surface area contributed by atoms with Crippen molar-refractivity contribution in [2.24, 2.45) is 5.92 Å². The summed E-state index contributed by atoms with van der Waals surface area (Å²) in [5.74, 6) is 0.637. The van der Waals surface area contributed by atoms with E-state index < -0.39 is 0 Å². The molecule has 0 spiro atoms. The Morgan fingerprint density at radius 2 is 2.04 bits per heavy atom. The van der Waals surface area contributed by atoms with Gasteiger partial charge in [-0.2, -0.15) is 5.06 Å². The molecule has 0 aliphatic carbocycles. The number of nitrogens with one attached hydrogen (secondary N) is 1. The van der Waals surface area contributed by atoms with E-state index in [1.165, 1.54) is 5.56 Å². The van der Waals surface area contributed by atoms with E-state index in [-0.39, 0.29) is 5.91 Å². The van der Waals surface area contributed by atoms with Crippen molar-refractivity contribution in [1.82, 2.24) is 15.4 Å². The molecule has 1 saturated heterocycles. The number of carbonyl (C=O) groups excluding carboxylic acids is 1. The van der Waals surface area contributed by atoms with Gasteiger partial charge in [0.25, 0.3) is 0 Å². The summed E-state index contributed by atoms with van der Waals surface area (Å²) in [7, 11) is 1.71. The number of piperidine rings is 1. The molecule has 1 aliphatic heterocycles. The number of hydroxylamine groups is 2. The lowest BCUT2D eigenvalue weighted by atomic mass is 9.94. The molecule has 0 atom stereocenters. The Hall–Kier alpha value is -1.76. The van der Waals surface area contributed by atoms with Crippen LogP contribution in [-0.2, 0) is 16.1 Å². The average Bonchev–Trinajstić information content (AvgIpc) is 3.09. The molecule has 0 unspecified atom stereocenters. The minimum absolute atomic E-state index is 0.162. The fourth-order valence-corrected chi connectivity index (χ4v) is 3.94. The van der Waals surface area contributed by atoms with E-state index in [1.54, 1.807) is 18.4 Å². The highest BCUT2D eigenvalue weighted by Gasteiger charge is 2.21. The zero-order valence-electron chi connectivity index (χ0n) is 15.5. The first-order valence-electron chi connectivity index (χ1n) is 9.21. The first-order valence-corrected chi connectivity index (χ1v) is 10.1. The number of thiazole rings is 1. The smallest absolute Gasteiger partial charge is 0.220 e. The summed E-state index contributed by atoms with van der Waals surface area (Å²) in [5, 5.41) is 8.19. The van der Waals surface area contributed by atoms with Gasteiger partial charge >= 0.3 is 0 Å². The highest BCUT2D eigenvalue weighted by atomic mass is 32.1. The topological polar surface area (TPSA) is 54.5 Å². The predicted molar refractivity (Wildman–Crippen MR) is 105 cm³/mol. The number of benzene rings is 1. The van der Waals surface area contributed by atoms with Crippen LogP contribution in [0.2, 0.25) is 0 Å². The van der Waals surface area contributed by atoms with Gasteiger partial charge in [-0.3, -0.25) is 4.79 Å². The minimum Gasteiger partial charge on any atom is -0.356 e. The summed E-state index contributed by atoms with van der Waals surface area (Å²) in [6, 6.07) is 8.46. The van der Waals surface area contributed by atoms with Crippen molar-refractivity contribution < 1.29 is 9.63 Å². The van der Waals surface area contributed by atoms with Gasteiger partial charge in [0.1, 0.15) is 0 Å². The summed E-state index contributed by atoms with van der Waals surface area (Å²) >= 11 is 1.67. The van der Waals surface area contributed by atoms with E-state index >= 15 is 0 Å². The number of aryl methyl sites for hydroxylation is 1. The van der Waals surface area contributed by atoms with Crippen LogP contribution in [0.25, 0.3) is 11.3 Å². The molecule has 0 radical (unpaired) electrons. The maximum atomic E-state index is 12.1. The van der Waals surface area contributed by atoms with E-state index in [9.17, 15) is 4.79 Å². The highest BCUT2D eigenvalue weighted by Crippen LogP contribution is 2.22. The normalized spacial score (nSPS) is 15.9. The molecule has 1 aromatic heterocycles. The van der Waals surface area contributed by atoms with Crippen LogP contribution in [0.3, 0.4) is 0 Å². The Morgan fingerprint density at radius 1 is 1.31 bits per heavy atom. The van der Waals surface area contributed by atoms with Crippen LogP contribution in [0.5, 0.6) is 0 Å². The number of hydrogen-bond acceptors (Lipinski definition) is 5. The van der Waals surface area contributed by atoms with Crippen molar-refractivity contribution in [3.05, 3.63) is 40.2 Å². The Bertz CT molecular complexity index is 706. The monoisotopic (exact) mass is 373 g/mol. The zero-order valence-corrected chi connectivity index (χ0v) is 16.3. The van der Waals surface area contributed by atoms with Gasteiger partial charge in [0, 0.05) is 37.0 Å². The van der Waals surface area contributed by atoms with Crippen LogP contribution in [0.1, 0.15) is 29.8 Å². The fraction of sp³-hybridized carbons (Fsp3) is 0.500. The van der Waals surface area contributed by atoms with Gasteiger partial charge in [-0.25, -0.2) is 4.98 Å². The Labute approximate surface area is 159 Å². The Morgan fingerprint density at radius 3 is 2.65 bits per heavy atom. The van der Waals surface area contributed by atoms with Crippen LogP contribution in [-0.4, -0.2) is 42.7 Å². The molecular weight excluding hydrogens is 346 g/mol. The third kappa shape index (κ3) is 5.37. The molecule has 1 N–H and O–H groups in total. The predicted octanol–water partition coefficient (Wildman–Crippen LogP) is 3.44. The van der Waals surface area contributed by atoms with Crippen LogP contribution >= 0.6 is 11.3 Å². The highest BCUT2D eigenvalue weighted by molar-refractivity contribution is 7.09. The van der Waals surface area contributed by atoms with Crippen molar-refractivity contribution in [2.75, 3.05) is 26.7 Å². The van der Waals surface area contributed by atoms with Gasteiger partial charge in [-0.1, -0.05) is 24.3 Å². The van der Waals surface area contributed by atoms with Gasteiger partial charge in [0.05, 0.1) is 17.8 Å². The molecule has 1 aromatic carbocycles. The van der Waals surface area contributed by atoms with E-state index in [1.807, 2.05) is 12.0 Å². The summed E-state index contributed by atoms with van der Waals surface area (Å²) < 4.78 is 0. The van der Waals surface area contributed by atoms with Crippen LogP contribution in [0, 0.1) is 12.8 Å². The van der Waals surface area contributed by atoms with Crippen molar-refractivity contribution in [3.63, 3.8) is 0 Å². The van der Waals surface area contributed by atoms with Crippen molar-refractivity contribution in [2.45, 2.75) is 32.6 Å². The molecule has 2 aromatic rings. The molecule has 0 bridgehead atoms. The maximum Gasteiger partial charge on any atom is 0.220 e. The van der Waals surface area contributed by atoms with Crippen molar-refractivity contribution in [1.29, 1.82) is 0 Å². The van der Waals surface area contributed by atoms with Crippen LogP contribution in [0.15, 0.2) is 29.6 Å². The lowest BCUT2D eigenvalue weighted by Crippen LogP contribution is -2.35. The fourth-order valence-electron chi connectivity index (χ4n) is 3.31. The Kier molecular flexibility index (Phi) is 6.77. The van der Waals surface area contributed by atoms with Crippen molar-refractivity contribution >= 4 is 17.2 Å². The molecule has 2 heterocycles. The van der Waals surface area contributed by atoms with Crippen LogP contribution < -0.4 is 5.32 Å². The van der Waals surface area contributed by atoms with Gasteiger partial charge < -0.3 is 10.2 Å². The number of amides is 1. The lowest BCUT2D eigenvalue weighted by molar-refractivity contribution is -0.149. The molecule has 0 saturated carbocycles. The quantitative estimate of drug-likeness (QED) is 0.808. The maximum absolute atomic E-state index is 12.1. The largest absolute Gasteiger partial charge is 0.356 e. The number of carbonyl (C=O) groups is 1. The molecule has 140 valence electrons. The Balaban J connectivity index is 1.38. The standard InChI is InChI=1S/C20H27N3O2S/c1-15-22-19(14-26-15)18-5-3-16(4-6-18)7-10-21-20(24)13-17-8-11-23(25-2)12-9-17/h3-6,14,17H,7-13H2,1-2H3,(H,21,24). The second-order valence-corrected chi connectivity index (χ2v) is 7.87. The SMILES string of the molecule is CON1CCC(CC(=O)NCCc2ccc(-c3csc(C)n3)cc2)CC1. The van der Waals surface area contributed by atoms with E-state index in [4.69, 9.17) is 4.84 Å². The first-order chi connectivity index (χ1) is 12.6. The second-order valence-electron chi connectivity index (χ2n) is 6.81. The van der Waals surface area contributed by atoms with Gasteiger partial charge in [0.2, 0.25) is 5.91 Å². The van der Waals surface area contributed by atoms with Gasteiger partial charge in [-0.05, 0) is 37.7 Å². The summed E-state index contributed by atoms with van der Waals surface area (Å²) in [4.78, 5) is 21.9. The number of aromatic nitrogens is 1. The molecular formula is C20H27N3O2S. The van der Waals surface area contributed by atoms with E-state index in [0.717, 1.165) is 48.6 Å². The number of rotatable bonds is 7. The molecule has 1 aliphatic rings. The summed E-state index contributed by atoms with van der Waals surface area (Å²) in [6.07, 6.45) is 3.53. The van der Waals surface area contributed by atoms with Gasteiger partial charge in [-0.15, -0.1) is 11.3 Å². The molecule has 1 fully saturated rings. The number of nitrogens with zero attached hydrogens (tertiary/aromatic N) is 2. The molecule has 6 heteroatoms. The van der Waals surface area contributed by atoms with E-state index in [2.05, 4.69) is 39.9 Å². The molecule has 26 heavy (non-hydrogen) atoms. The first kappa shape index (κ1) is 19.0. The number of hydrogen-bond donors (Lipinski definition) is 1. The molecule has 1 amide bonds. The third-order valence-corrected chi connectivity index (χ3v) is 5.68. The molecule has 5 nitrogen and oxygen atoms in total. The second kappa shape index (κ2) is 9.26. The third-order valence-electron chi connectivity index (χ3n) is 4.91. The summed E-state index contributed by atoms with van der Waals surface area (Å²) in [6.45, 7) is 4.54. The molecule has 3 rings (SSSR count). The lowest BCUT2D eigenvalue weighted by Gasteiger charge is -2.29. The summed E-state index contributed by atoms with van der Waals surface area (Å²) in [5.41, 5.74) is 3.41. The average molecular weight is 374 g/mol. The zero-order chi connectivity index (χ0) is 18.4. The van der Waals surface area contributed by atoms with E-state index in [0.29, 0.717) is 18.9 Å². The van der Waals surface area contributed by atoms with Crippen molar-refractivity contribution in [3.8, 4) is 11.3 Å². The van der Waals surface area contributed by atoms with Crippen LogP contribution in [0.4, 0.5) is 0 Å².